The minimum absolute atomic E-state index is 0.155. The molecular weight excluding hydrogens is 418 g/mol. The summed E-state index contributed by atoms with van der Waals surface area (Å²) in [6.45, 7) is 6.35. The van der Waals surface area contributed by atoms with E-state index < -0.39 is 6.10 Å². The molecule has 1 amide bonds. The van der Waals surface area contributed by atoms with Gasteiger partial charge in [0.05, 0.1) is 12.3 Å². The van der Waals surface area contributed by atoms with Crippen LogP contribution in [-0.2, 0) is 11.3 Å². The molecular formula is C23H24ClN3O4. The van der Waals surface area contributed by atoms with Gasteiger partial charge in [0, 0.05) is 23.7 Å². The number of hydrogen-bond acceptors (Lipinski definition) is 5. The van der Waals surface area contributed by atoms with E-state index in [0.717, 1.165) is 16.9 Å². The third-order valence-corrected chi connectivity index (χ3v) is 4.78. The van der Waals surface area contributed by atoms with E-state index in [1.807, 2.05) is 38.1 Å². The molecule has 0 aliphatic rings. The third-order valence-electron chi connectivity index (χ3n) is 4.54. The van der Waals surface area contributed by atoms with Crippen molar-refractivity contribution in [2.24, 2.45) is 0 Å². The average Bonchev–Trinajstić information content (AvgIpc) is 2.76. The van der Waals surface area contributed by atoms with Crippen molar-refractivity contribution in [3.05, 3.63) is 81.1 Å². The van der Waals surface area contributed by atoms with Gasteiger partial charge in [-0.3, -0.25) is 9.59 Å². The Balaban J connectivity index is 1.65. The zero-order chi connectivity index (χ0) is 22.4. The number of rotatable bonds is 8. The van der Waals surface area contributed by atoms with Crippen molar-refractivity contribution in [2.75, 3.05) is 6.61 Å². The fourth-order valence-corrected chi connectivity index (χ4v) is 3.04. The second-order valence-corrected chi connectivity index (χ2v) is 7.34. The van der Waals surface area contributed by atoms with Crippen LogP contribution in [0.15, 0.2) is 59.4 Å². The number of carbonyl (C=O) groups excluding carboxylic acids is 1. The van der Waals surface area contributed by atoms with E-state index in [1.54, 1.807) is 25.1 Å². The molecule has 0 saturated carbocycles. The minimum atomic E-state index is -0.804. The molecule has 162 valence electrons. The van der Waals surface area contributed by atoms with Gasteiger partial charge in [-0.05, 0) is 56.2 Å². The van der Waals surface area contributed by atoms with Crippen molar-refractivity contribution in [2.45, 2.75) is 33.4 Å². The Morgan fingerprint density at radius 3 is 2.61 bits per heavy atom. The first-order chi connectivity index (χ1) is 14.9. The molecule has 1 heterocycles. The number of hydrogen-bond donors (Lipinski definition) is 1. The molecule has 0 spiro atoms. The van der Waals surface area contributed by atoms with Crippen LogP contribution >= 0.6 is 11.6 Å². The van der Waals surface area contributed by atoms with Crippen molar-refractivity contribution in [3.63, 3.8) is 0 Å². The van der Waals surface area contributed by atoms with Crippen LogP contribution in [0.2, 0.25) is 5.02 Å². The summed E-state index contributed by atoms with van der Waals surface area (Å²) in [6, 6.07) is 15.5. The molecule has 0 aliphatic heterocycles. The largest absolute Gasteiger partial charge is 0.494 e. The molecule has 0 saturated heterocycles. The van der Waals surface area contributed by atoms with Crippen LogP contribution < -0.4 is 20.3 Å². The van der Waals surface area contributed by atoms with Crippen molar-refractivity contribution in [1.82, 2.24) is 15.1 Å². The van der Waals surface area contributed by atoms with E-state index >= 15 is 0 Å². The first-order valence-electron chi connectivity index (χ1n) is 9.90. The predicted octanol–water partition coefficient (Wildman–Crippen LogP) is 3.68. The topological polar surface area (TPSA) is 82.5 Å². The Kier molecular flexibility index (Phi) is 7.31. The lowest BCUT2D eigenvalue weighted by Crippen LogP contribution is -2.36. The highest BCUT2D eigenvalue weighted by Gasteiger charge is 2.16. The van der Waals surface area contributed by atoms with Gasteiger partial charge in [0.1, 0.15) is 5.75 Å². The van der Waals surface area contributed by atoms with Crippen LogP contribution in [0, 0.1) is 6.92 Å². The van der Waals surface area contributed by atoms with Crippen molar-refractivity contribution in [1.29, 1.82) is 0 Å². The van der Waals surface area contributed by atoms with Crippen LogP contribution in [0.3, 0.4) is 0 Å². The lowest BCUT2D eigenvalue weighted by Gasteiger charge is -2.15. The Bertz CT molecular complexity index is 1110. The molecule has 2 aromatic carbocycles. The van der Waals surface area contributed by atoms with Crippen LogP contribution in [0.5, 0.6) is 11.6 Å². The summed E-state index contributed by atoms with van der Waals surface area (Å²) in [6.07, 6.45) is -0.804. The summed E-state index contributed by atoms with van der Waals surface area (Å²) < 4.78 is 12.3. The first-order valence-corrected chi connectivity index (χ1v) is 10.3. The van der Waals surface area contributed by atoms with Crippen LogP contribution in [0.1, 0.15) is 25.0 Å². The summed E-state index contributed by atoms with van der Waals surface area (Å²) in [7, 11) is 0. The van der Waals surface area contributed by atoms with Crippen molar-refractivity contribution >= 4 is 17.5 Å². The Hall–Kier alpha value is -3.32. The molecule has 3 rings (SSSR count). The van der Waals surface area contributed by atoms with E-state index in [2.05, 4.69) is 10.4 Å². The lowest BCUT2D eigenvalue weighted by molar-refractivity contribution is -0.127. The number of aromatic nitrogens is 2. The molecule has 31 heavy (non-hydrogen) atoms. The quantitative estimate of drug-likeness (QED) is 0.576. The standard InChI is InChI=1S/C23H24ClN3O4/c1-4-30-19-9-6-17(7-10-19)14-25-23(29)16(3)31-21-11-12-22(28)27(26-21)20-13-18(24)8-5-15(20)2/h5-13,16H,4,14H2,1-3H3,(H,25,29)/t16-/m1/s1. The molecule has 1 atom stereocenters. The fourth-order valence-electron chi connectivity index (χ4n) is 2.88. The highest BCUT2D eigenvalue weighted by molar-refractivity contribution is 6.30. The number of nitrogens with one attached hydrogen (secondary N) is 1. The second kappa shape index (κ2) is 10.1. The summed E-state index contributed by atoms with van der Waals surface area (Å²) in [4.78, 5) is 24.7. The van der Waals surface area contributed by atoms with E-state index in [0.29, 0.717) is 23.9 Å². The van der Waals surface area contributed by atoms with E-state index in [4.69, 9.17) is 21.1 Å². The highest BCUT2D eigenvalue weighted by atomic mass is 35.5. The molecule has 3 aromatic rings. The van der Waals surface area contributed by atoms with Crippen LogP contribution in [0.25, 0.3) is 5.69 Å². The normalized spacial score (nSPS) is 11.6. The van der Waals surface area contributed by atoms with Gasteiger partial charge in [-0.2, -0.15) is 4.68 Å². The molecule has 0 unspecified atom stereocenters. The van der Waals surface area contributed by atoms with Crippen molar-refractivity contribution < 1.29 is 14.3 Å². The Morgan fingerprint density at radius 1 is 1.16 bits per heavy atom. The second-order valence-electron chi connectivity index (χ2n) is 6.91. The van der Waals surface area contributed by atoms with Gasteiger partial charge in [0.25, 0.3) is 11.5 Å². The zero-order valence-electron chi connectivity index (χ0n) is 17.6. The summed E-state index contributed by atoms with van der Waals surface area (Å²) in [5, 5.41) is 7.56. The summed E-state index contributed by atoms with van der Waals surface area (Å²) >= 11 is 6.06. The minimum Gasteiger partial charge on any atom is -0.494 e. The number of carbonyl (C=O) groups is 1. The monoisotopic (exact) mass is 441 g/mol. The number of halogens is 1. The molecule has 8 heteroatoms. The molecule has 0 bridgehead atoms. The summed E-state index contributed by atoms with van der Waals surface area (Å²) in [5.41, 5.74) is 1.99. The van der Waals surface area contributed by atoms with E-state index in [1.165, 1.54) is 16.8 Å². The van der Waals surface area contributed by atoms with Gasteiger partial charge < -0.3 is 14.8 Å². The lowest BCUT2D eigenvalue weighted by atomic mass is 10.2. The smallest absolute Gasteiger partial charge is 0.271 e. The molecule has 1 aromatic heterocycles. The summed E-state index contributed by atoms with van der Waals surface area (Å²) in [5.74, 6) is 0.639. The van der Waals surface area contributed by atoms with E-state index in [9.17, 15) is 9.59 Å². The molecule has 1 N–H and O–H groups in total. The van der Waals surface area contributed by atoms with Crippen LogP contribution in [-0.4, -0.2) is 28.4 Å². The van der Waals surface area contributed by atoms with Gasteiger partial charge >= 0.3 is 0 Å². The maximum atomic E-state index is 12.4. The van der Waals surface area contributed by atoms with Gasteiger partial charge in [0.2, 0.25) is 5.88 Å². The Morgan fingerprint density at radius 2 is 1.90 bits per heavy atom. The van der Waals surface area contributed by atoms with Gasteiger partial charge in [-0.25, -0.2) is 0 Å². The molecule has 0 aliphatic carbocycles. The third kappa shape index (κ3) is 5.86. The van der Waals surface area contributed by atoms with E-state index in [-0.39, 0.29) is 17.3 Å². The predicted molar refractivity (Wildman–Crippen MR) is 119 cm³/mol. The van der Waals surface area contributed by atoms with Gasteiger partial charge in [-0.15, -0.1) is 5.10 Å². The fraction of sp³-hybridized carbons (Fsp3) is 0.261. The van der Waals surface area contributed by atoms with Crippen LogP contribution in [0.4, 0.5) is 0 Å². The average molecular weight is 442 g/mol. The number of ether oxygens (including phenoxy) is 2. The zero-order valence-corrected chi connectivity index (χ0v) is 18.3. The molecule has 0 radical (unpaired) electrons. The Labute approximate surface area is 185 Å². The number of amides is 1. The van der Waals surface area contributed by atoms with Crippen molar-refractivity contribution in [3.8, 4) is 17.3 Å². The number of nitrogens with zero attached hydrogens (tertiary/aromatic N) is 2. The maximum absolute atomic E-state index is 12.4. The number of benzene rings is 2. The highest BCUT2D eigenvalue weighted by Crippen LogP contribution is 2.18. The first kappa shape index (κ1) is 22.4. The molecule has 0 fully saturated rings. The number of aryl methyl sites for hydroxylation is 1. The molecule has 7 nitrogen and oxygen atoms in total. The maximum Gasteiger partial charge on any atom is 0.271 e. The SMILES string of the molecule is CCOc1ccc(CNC(=O)[C@@H](C)Oc2ccc(=O)n(-c3cc(Cl)ccc3C)n2)cc1. The van der Waals surface area contributed by atoms with Gasteiger partial charge in [0.15, 0.2) is 6.10 Å². The van der Waals surface area contributed by atoms with Gasteiger partial charge in [-0.1, -0.05) is 29.8 Å².